The Bertz CT molecular complexity index is 763. The summed E-state index contributed by atoms with van der Waals surface area (Å²) in [6.07, 6.45) is 2.09. The second-order valence-corrected chi connectivity index (χ2v) is 6.94. The molecule has 0 aliphatic carbocycles. The van der Waals surface area contributed by atoms with Crippen molar-refractivity contribution in [2.45, 2.75) is 31.8 Å². The van der Waals surface area contributed by atoms with Crippen LogP contribution in [0.5, 0.6) is 11.5 Å². The van der Waals surface area contributed by atoms with Crippen LogP contribution in [0.1, 0.15) is 43.0 Å². The summed E-state index contributed by atoms with van der Waals surface area (Å²) in [6.45, 7) is 3.31. The van der Waals surface area contributed by atoms with Gasteiger partial charge in [-0.1, -0.05) is 36.4 Å². The first-order valence-corrected chi connectivity index (χ1v) is 9.42. The van der Waals surface area contributed by atoms with Gasteiger partial charge in [0.2, 0.25) is 5.91 Å². The summed E-state index contributed by atoms with van der Waals surface area (Å²) in [4.78, 5) is 14.8. The third-order valence-electron chi connectivity index (χ3n) is 5.19. The lowest BCUT2D eigenvalue weighted by Gasteiger charge is -2.26. The zero-order chi connectivity index (χ0) is 19.2. The van der Waals surface area contributed by atoms with Gasteiger partial charge in [-0.3, -0.25) is 9.69 Å². The number of carbonyl (C=O) groups is 1. The maximum Gasteiger partial charge on any atom is 0.234 e. The molecule has 144 valence electrons. The fraction of sp³-hybridized carbons (Fsp3) is 0.409. The number of nitrogens with one attached hydrogen (secondary N) is 1. The third-order valence-corrected chi connectivity index (χ3v) is 5.19. The van der Waals surface area contributed by atoms with Crippen LogP contribution in [0.15, 0.2) is 48.5 Å². The molecule has 0 bridgehead atoms. The van der Waals surface area contributed by atoms with Gasteiger partial charge in [-0.25, -0.2) is 0 Å². The number of hydrogen-bond acceptors (Lipinski definition) is 4. The van der Waals surface area contributed by atoms with Crippen LogP contribution < -0.4 is 14.8 Å². The van der Waals surface area contributed by atoms with Gasteiger partial charge in [0.1, 0.15) is 11.5 Å². The zero-order valence-corrected chi connectivity index (χ0v) is 16.3. The average molecular weight is 368 g/mol. The van der Waals surface area contributed by atoms with Gasteiger partial charge in [0.15, 0.2) is 0 Å². The van der Waals surface area contributed by atoms with Crippen molar-refractivity contribution < 1.29 is 14.3 Å². The quantitative estimate of drug-likeness (QED) is 0.809. The number of carbonyl (C=O) groups excluding carboxylic acids is 1. The van der Waals surface area contributed by atoms with E-state index in [-0.39, 0.29) is 18.0 Å². The minimum absolute atomic E-state index is 0.00437. The Hall–Kier alpha value is -2.53. The fourth-order valence-corrected chi connectivity index (χ4v) is 3.76. The first kappa shape index (κ1) is 19.2. The van der Waals surface area contributed by atoms with Crippen LogP contribution in [0, 0.1) is 0 Å². The fourth-order valence-electron chi connectivity index (χ4n) is 3.76. The molecule has 1 aliphatic heterocycles. The summed E-state index contributed by atoms with van der Waals surface area (Å²) in [5, 5.41) is 3.11. The van der Waals surface area contributed by atoms with Gasteiger partial charge in [0, 0.05) is 17.7 Å². The predicted molar refractivity (Wildman–Crippen MR) is 106 cm³/mol. The molecule has 3 rings (SSSR count). The molecular weight excluding hydrogens is 340 g/mol. The predicted octanol–water partition coefficient (Wildman–Crippen LogP) is 3.72. The highest BCUT2D eigenvalue weighted by molar-refractivity contribution is 5.78. The lowest BCUT2D eigenvalue weighted by atomic mass is 10.0. The first-order valence-electron chi connectivity index (χ1n) is 9.42. The molecule has 0 unspecified atom stereocenters. The van der Waals surface area contributed by atoms with Crippen molar-refractivity contribution in [2.24, 2.45) is 0 Å². The highest BCUT2D eigenvalue weighted by Gasteiger charge is 2.30. The smallest absolute Gasteiger partial charge is 0.234 e. The maximum atomic E-state index is 12.6. The van der Waals surface area contributed by atoms with E-state index in [1.807, 2.05) is 55.5 Å². The molecule has 1 saturated heterocycles. The van der Waals surface area contributed by atoms with Gasteiger partial charge in [0.25, 0.3) is 0 Å². The highest BCUT2D eigenvalue weighted by Crippen LogP contribution is 2.38. The Morgan fingerprint density at radius 1 is 1.19 bits per heavy atom. The van der Waals surface area contributed by atoms with E-state index in [1.165, 1.54) is 0 Å². The van der Waals surface area contributed by atoms with Crippen LogP contribution in [0.25, 0.3) is 0 Å². The van der Waals surface area contributed by atoms with Crippen LogP contribution >= 0.6 is 0 Å². The topological polar surface area (TPSA) is 50.8 Å². The standard InChI is InChI=1S/C22H28N2O3/c1-16(17-8-5-4-6-9-17)23-22(25)15-24-13-7-10-20(24)19-12-11-18(26-2)14-21(19)27-3/h4-6,8-9,11-12,14,16,20H,7,10,13,15H2,1-3H3,(H,23,25)/t16-,20-/m0/s1. The van der Waals surface area contributed by atoms with Crippen molar-refractivity contribution in [1.29, 1.82) is 0 Å². The van der Waals surface area contributed by atoms with E-state index < -0.39 is 0 Å². The SMILES string of the molecule is COc1ccc([C@@H]2CCCN2CC(=O)N[C@@H](C)c2ccccc2)c(OC)c1. The molecule has 0 saturated carbocycles. The number of ether oxygens (including phenoxy) is 2. The lowest BCUT2D eigenvalue weighted by molar-refractivity contribution is -0.123. The van der Waals surface area contributed by atoms with Gasteiger partial charge >= 0.3 is 0 Å². The molecular formula is C22H28N2O3. The number of likely N-dealkylation sites (tertiary alicyclic amines) is 1. The normalized spacial score (nSPS) is 18.1. The molecule has 5 heteroatoms. The lowest BCUT2D eigenvalue weighted by Crippen LogP contribution is -2.38. The van der Waals surface area contributed by atoms with Crippen molar-refractivity contribution in [1.82, 2.24) is 10.2 Å². The van der Waals surface area contributed by atoms with E-state index in [1.54, 1.807) is 14.2 Å². The number of nitrogens with zero attached hydrogens (tertiary/aromatic N) is 1. The molecule has 5 nitrogen and oxygen atoms in total. The van der Waals surface area contributed by atoms with Gasteiger partial charge in [0.05, 0.1) is 26.8 Å². The van der Waals surface area contributed by atoms with Crippen LogP contribution in [0.3, 0.4) is 0 Å². The molecule has 0 radical (unpaired) electrons. The number of rotatable bonds is 7. The number of hydrogen-bond donors (Lipinski definition) is 1. The summed E-state index contributed by atoms with van der Waals surface area (Å²) < 4.78 is 10.9. The molecule has 1 heterocycles. The molecule has 2 aromatic rings. The Balaban J connectivity index is 1.67. The number of methoxy groups -OCH3 is 2. The second kappa shape index (κ2) is 8.91. The van der Waals surface area contributed by atoms with Crippen molar-refractivity contribution in [2.75, 3.05) is 27.3 Å². The maximum absolute atomic E-state index is 12.6. The van der Waals surface area contributed by atoms with Crippen molar-refractivity contribution >= 4 is 5.91 Å². The summed E-state index contributed by atoms with van der Waals surface area (Å²) in [5.41, 5.74) is 2.22. The molecule has 1 fully saturated rings. The van der Waals surface area contributed by atoms with Gasteiger partial charge in [-0.05, 0) is 37.9 Å². The summed E-state index contributed by atoms with van der Waals surface area (Å²) in [6, 6.07) is 16.1. The number of benzene rings is 2. The Morgan fingerprint density at radius 3 is 2.67 bits per heavy atom. The largest absolute Gasteiger partial charge is 0.497 e. The molecule has 1 aliphatic rings. The number of amides is 1. The zero-order valence-electron chi connectivity index (χ0n) is 16.3. The second-order valence-electron chi connectivity index (χ2n) is 6.94. The average Bonchev–Trinajstić information content (AvgIpc) is 3.15. The molecule has 1 N–H and O–H groups in total. The Labute approximate surface area is 161 Å². The first-order chi connectivity index (χ1) is 13.1. The summed E-state index contributed by atoms with van der Waals surface area (Å²) in [5.74, 6) is 1.63. The van der Waals surface area contributed by atoms with E-state index in [2.05, 4.69) is 10.2 Å². The van der Waals surface area contributed by atoms with Crippen LogP contribution in [-0.4, -0.2) is 38.1 Å². The van der Waals surface area contributed by atoms with Crippen molar-refractivity contribution in [3.8, 4) is 11.5 Å². The summed E-state index contributed by atoms with van der Waals surface area (Å²) in [7, 11) is 3.32. The van der Waals surface area contributed by atoms with Crippen molar-refractivity contribution in [3.63, 3.8) is 0 Å². The molecule has 1 amide bonds. The van der Waals surface area contributed by atoms with E-state index in [4.69, 9.17) is 9.47 Å². The Morgan fingerprint density at radius 2 is 1.96 bits per heavy atom. The van der Waals surface area contributed by atoms with Crippen LogP contribution in [-0.2, 0) is 4.79 Å². The third kappa shape index (κ3) is 4.61. The molecule has 27 heavy (non-hydrogen) atoms. The molecule has 0 aromatic heterocycles. The Kier molecular flexibility index (Phi) is 6.35. The molecule has 2 aromatic carbocycles. The van der Waals surface area contributed by atoms with E-state index in [0.717, 1.165) is 42.0 Å². The monoisotopic (exact) mass is 368 g/mol. The highest BCUT2D eigenvalue weighted by atomic mass is 16.5. The minimum atomic E-state index is -0.00437. The van der Waals surface area contributed by atoms with Crippen LogP contribution in [0.2, 0.25) is 0 Å². The summed E-state index contributed by atoms with van der Waals surface area (Å²) >= 11 is 0. The molecule has 2 atom stereocenters. The van der Waals surface area contributed by atoms with E-state index in [0.29, 0.717) is 6.54 Å². The van der Waals surface area contributed by atoms with E-state index in [9.17, 15) is 4.79 Å². The minimum Gasteiger partial charge on any atom is -0.497 e. The van der Waals surface area contributed by atoms with Crippen LogP contribution in [0.4, 0.5) is 0 Å². The molecule has 0 spiro atoms. The van der Waals surface area contributed by atoms with Gasteiger partial charge in [-0.2, -0.15) is 0 Å². The van der Waals surface area contributed by atoms with Crippen molar-refractivity contribution in [3.05, 3.63) is 59.7 Å². The van der Waals surface area contributed by atoms with Gasteiger partial charge in [-0.15, -0.1) is 0 Å². The van der Waals surface area contributed by atoms with E-state index >= 15 is 0 Å². The van der Waals surface area contributed by atoms with Gasteiger partial charge < -0.3 is 14.8 Å².